The number of piperazine rings is 1. The number of aliphatic imine (C=N–C) groups is 1. The third-order valence-electron chi connectivity index (χ3n) is 4.95. The van der Waals surface area contributed by atoms with Gasteiger partial charge in [0.15, 0.2) is 5.96 Å². The molecule has 1 aliphatic heterocycles. The van der Waals surface area contributed by atoms with Gasteiger partial charge >= 0.3 is 0 Å². The summed E-state index contributed by atoms with van der Waals surface area (Å²) in [4.78, 5) is 21.1. The smallest absolute Gasteiger partial charge is 0.243 e. The molecule has 1 heterocycles. The number of halogens is 1. The lowest BCUT2D eigenvalue weighted by Crippen LogP contribution is -2.53. The molecular weight excluding hydrogens is 505 g/mol. The molecule has 0 unspecified atom stereocenters. The van der Waals surface area contributed by atoms with Crippen LogP contribution in [-0.4, -0.2) is 63.6 Å². The molecule has 2 N–H and O–H groups in total. The monoisotopic (exact) mass is 533 g/mol. The first-order valence-corrected chi connectivity index (χ1v) is 9.84. The first-order chi connectivity index (χ1) is 14.6. The van der Waals surface area contributed by atoms with E-state index >= 15 is 0 Å². The Labute approximate surface area is 200 Å². The lowest BCUT2D eigenvalue weighted by Gasteiger charge is -2.37. The van der Waals surface area contributed by atoms with E-state index in [-0.39, 0.29) is 36.4 Å². The summed E-state index contributed by atoms with van der Waals surface area (Å²) < 4.78 is 5.22. The average molecular weight is 533 g/mol. The number of nitrogens with zero attached hydrogens (tertiary/aromatic N) is 3. The third kappa shape index (κ3) is 6.79. The van der Waals surface area contributed by atoms with Crippen LogP contribution in [0.15, 0.2) is 53.5 Å². The maximum absolute atomic E-state index is 12.3. The zero-order valence-electron chi connectivity index (χ0n) is 17.8. The number of guanidine groups is 1. The van der Waals surface area contributed by atoms with Gasteiger partial charge < -0.3 is 25.2 Å². The van der Waals surface area contributed by atoms with Gasteiger partial charge in [-0.2, -0.15) is 0 Å². The largest absolute Gasteiger partial charge is 0.497 e. The molecule has 8 heteroatoms. The SMILES string of the molecule is C#Cc1cccc(NC(=O)CNC(=NC)N2CCN(c3ccc(OC)cc3)CC2)c1.I. The molecule has 3 rings (SSSR count). The summed E-state index contributed by atoms with van der Waals surface area (Å²) in [6.07, 6.45) is 5.40. The molecule has 1 fully saturated rings. The van der Waals surface area contributed by atoms with Gasteiger partial charge in [-0.1, -0.05) is 12.0 Å². The van der Waals surface area contributed by atoms with Crippen LogP contribution in [-0.2, 0) is 4.79 Å². The number of methoxy groups -OCH3 is 1. The summed E-state index contributed by atoms with van der Waals surface area (Å²) in [7, 11) is 3.40. The molecule has 1 saturated heterocycles. The molecule has 164 valence electrons. The molecule has 2 aromatic carbocycles. The Morgan fingerprint density at radius 3 is 2.48 bits per heavy atom. The molecule has 0 aromatic heterocycles. The molecule has 0 atom stereocenters. The summed E-state index contributed by atoms with van der Waals surface area (Å²) in [5.41, 5.74) is 2.58. The van der Waals surface area contributed by atoms with E-state index in [1.165, 1.54) is 5.69 Å². The lowest BCUT2D eigenvalue weighted by molar-refractivity contribution is -0.115. The van der Waals surface area contributed by atoms with Gasteiger partial charge in [0.25, 0.3) is 0 Å². The number of amides is 1. The number of terminal acetylenes is 1. The Morgan fingerprint density at radius 1 is 1.16 bits per heavy atom. The number of hydrogen-bond acceptors (Lipinski definition) is 4. The lowest BCUT2D eigenvalue weighted by atomic mass is 10.2. The van der Waals surface area contributed by atoms with Crippen molar-refractivity contribution in [2.24, 2.45) is 4.99 Å². The maximum Gasteiger partial charge on any atom is 0.243 e. The second-order valence-electron chi connectivity index (χ2n) is 6.85. The second kappa shape index (κ2) is 12.1. The van der Waals surface area contributed by atoms with Crippen molar-refractivity contribution in [2.75, 3.05) is 57.1 Å². The highest BCUT2D eigenvalue weighted by Crippen LogP contribution is 2.20. The number of carbonyl (C=O) groups is 1. The molecule has 31 heavy (non-hydrogen) atoms. The fourth-order valence-electron chi connectivity index (χ4n) is 3.35. The number of carbonyl (C=O) groups excluding carboxylic acids is 1. The highest BCUT2D eigenvalue weighted by molar-refractivity contribution is 14.0. The highest BCUT2D eigenvalue weighted by atomic mass is 127. The van der Waals surface area contributed by atoms with Crippen LogP contribution in [0.4, 0.5) is 11.4 Å². The Hall–Kier alpha value is -2.93. The van der Waals surface area contributed by atoms with Crippen molar-refractivity contribution >= 4 is 47.2 Å². The fourth-order valence-corrected chi connectivity index (χ4v) is 3.35. The molecule has 1 aliphatic rings. The van der Waals surface area contributed by atoms with E-state index < -0.39 is 0 Å². The van der Waals surface area contributed by atoms with E-state index in [4.69, 9.17) is 11.2 Å². The van der Waals surface area contributed by atoms with E-state index in [2.05, 4.69) is 43.5 Å². The topological polar surface area (TPSA) is 69.2 Å². The predicted molar refractivity (Wildman–Crippen MR) is 137 cm³/mol. The van der Waals surface area contributed by atoms with E-state index in [1.807, 2.05) is 30.3 Å². The molecule has 1 amide bonds. The van der Waals surface area contributed by atoms with Crippen LogP contribution in [0.2, 0.25) is 0 Å². The Bertz CT molecular complexity index is 932. The summed E-state index contributed by atoms with van der Waals surface area (Å²) in [5, 5.41) is 5.99. The third-order valence-corrected chi connectivity index (χ3v) is 4.95. The van der Waals surface area contributed by atoms with Crippen LogP contribution in [0.25, 0.3) is 0 Å². The molecule has 7 nitrogen and oxygen atoms in total. The minimum absolute atomic E-state index is 0. The maximum atomic E-state index is 12.3. The van der Waals surface area contributed by atoms with E-state index in [9.17, 15) is 4.79 Å². The summed E-state index contributed by atoms with van der Waals surface area (Å²) in [5.74, 6) is 3.98. The zero-order chi connectivity index (χ0) is 21.3. The molecule has 0 radical (unpaired) electrons. The fraction of sp³-hybridized carbons (Fsp3) is 0.304. The number of nitrogens with one attached hydrogen (secondary N) is 2. The average Bonchev–Trinajstić information content (AvgIpc) is 2.80. The Morgan fingerprint density at radius 2 is 1.87 bits per heavy atom. The van der Waals surface area contributed by atoms with E-state index in [0.717, 1.165) is 43.5 Å². The van der Waals surface area contributed by atoms with Crippen LogP contribution < -0.4 is 20.3 Å². The zero-order valence-corrected chi connectivity index (χ0v) is 20.1. The standard InChI is InChI=1S/C23H27N5O2.HI/c1-4-18-6-5-7-19(16-18)26-22(29)17-25-23(24-2)28-14-12-27(13-15-28)20-8-10-21(30-3)11-9-20;/h1,5-11,16H,12-15,17H2,2-3H3,(H,24,25)(H,26,29);1H. The van der Waals surface area contributed by atoms with Gasteiger partial charge in [-0.25, -0.2) is 0 Å². The minimum Gasteiger partial charge on any atom is -0.497 e. The van der Waals surface area contributed by atoms with Crippen LogP contribution in [0, 0.1) is 12.3 Å². The molecule has 0 saturated carbocycles. The van der Waals surface area contributed by atoms with Crippen molar-refractivity contribution in [1.29, 1.82) is 0 Å². The van der Waals surface area contributed by atoms with Gasteiger partial charge in [0, 0.05) is 50.2 Å². The molecule has 0 aliphatic carbocycles. The van der Waals surface area contributed by atoms with Crippen LogP contribution >= 0.6 is 24.0 Å². The van der Waals surface area contributed by atoms with Gasteiger partial charge in [-0.3, -0.25) is 9.79 Å². The second-order valence-corrected chi connectivity index (χ2v) is 6.85. The Balaban J connectivity index is 0.00000341. The van der Waals surface area contributed by atoms with Crippen molar-refractivity contribution in [2.45, 2.75) is 0 Å². The van der Waals surface area contributed by atoms with Crippen LogP contribution in [0.3, 0.4) is 0 Å². The van der Waals surface area contributed by atoms with Crippen LogP contribution in [0.1, 0.15) is 5.56 Å². The summed E-state index contributed by atoms with van der Waals surface area (Å²) in [6, 6.07) is 15.3. The molecule has 2 aromatic rings. The van der Waals surface area contributed by atoms with Gasteiger partial charge in [-0.05, 0) is 42.5 Å². The number of rotatable bonds is 5. The van der Waals surface area contributed by atoms with E-state index in [0.29, 0.717) is 5.69 Å². The highest BCUT2D eigenvalue weighted by Gasteiger charge is 2.20. The number of ether oxygens (including phenoxy) is 1. The summed E-state index contributed by atoms with van der Waals surface area (Å²) in [6.45, 7) is 3.51. The molecule has 0 bridgehead atoms. The normalized spacial score (nSPS) is 13.6. The first-order valence-electron chi connectivity index (χ1n) is 9.84. The predicted octanol–water partition coefficient (Wildman–Crippen LogP) is 2.63. The quantitative estimate of drug-likeness (QED) is 0.268. The van der Waals surface area contributed by atoms with Crippen molar-refractivity contribution in [1.82, 2.24) is 10.2 Å². The number of benzene rings is 2. The first kappa shape index (κ1) is 24.3. The number of hydrogen-bond donors (Lipinski definition) is 2. The van der Waals surface area contributed by atoms with Gasteiger partial charge in [0.1, 0.15) is 5.75 Å². The van der Waals surface area contributed by atoms with Gasteiger partial charge in [-0.15, -0.1) is 30.4 Å². The minimum atomic E-state index is -0.151. The van der Waals surface area contributed by atoms with Gasteiger partial charge in [0.2, 0.25) is 5.91 Å². The molecule has 0 spiro atoms. The van der Waals surface area contributed by atoms with Crippen molar-refractivity contribution in [3.8, 4) is 18.1 Å². The van der Waals surface area contributed by atoms with Crippen molar-refractivity contribution in [3.63, 3.8) is 0 Å². The Kier molecular flexibility index (Phi) is 9.46. The summed E-state index contributed by atoms with van der Waals surface area (Å²) >= 11 is 0. The van der Waals surface area contributed by atoms with Gasteiger partial charge in [0.05, 0.1) is 13.7 Å². The van der Waals surface area contributed by atoms with Crippen molar-refractivity contribution < 1.29 is 9.53 Å². The van der Waals surface area contributed by atoms with Crippen molar-refractivity contribution in [3.05, 3.63) is 54.1 Å². The molecular formula is C23H28IN5O2. The number of anilines is 2. The van der Waals surface area contributed by atoms with Crippen LogP contribution in [0.5, 0.6) is 5.75 Å². The van der Waals surface area contributed by atoms with E-state index in [1.54, 1.807) is 20.2 Å².